The number of nitrogens with two attached hydrogens (primary N) is 1. The Hall–Kier alpha value is -0.295. The van der Waals surface area contributed by atoms with Gasteiger partial charge in [-0.25, -0.2) is 0 Å². The van der Waals surface area contributed by atoms with E-state index in [1.807, 2.05) is 0 Å². The molecule has 0 bridgehead atoms. The molecule has 0 aliphatic heterocycles. The van der Waals surface area contributed by atoms with Gasteiger partial charge in [-0.1, -0.05) is 0 Å². The van der Waals surface area contributed by atoms with Crippen molar-refractivity contribution in [3.63, 3.8) is 0 Å². The molecule has 1 atom stereocenters. The Labute approximate surface area is 64.4 Å². The van der Waals surface area contributed by atoms with Gasteiger partial charge in [0, 0.05) is 6.32 Å². The summed E-state index contributed by atoms with van der Waals surface area (Å²) >= 11 is 0. The van der Waals surface area contributed by atoms with Crippen LogP contribution in [0.15, 0.2) is 0 Å². The molecule has 0 radical (unpaired) electrons. The van der Waals surface area contributed by atoms with Crippen LogP contribution in [-0.4, -0.2) is 34.3 Å². The summed E-state index contributed by atoms with van der Waals surface area (Å²) in [7, 11) is -1.64. The van der Waals surface area contributed by atoms with Crippen LogP contribution < -0.4 is 5.73 Å². The Morgan fingerprint density at radius 3 is 2.10 bits per heavy atom. The number of aliphatic carboxylic acids is 1. The molecule has 7 heteroatoms. The zero-order valence-electron chi connectivity index (χ0n) is 5.10. The van der Waals surface area contributed by atoms with Crippen molar-refractivity contribution in [1.29, 1.82) is 0 Å². The largest absolute Gasteiger partial charge is 0.480 e. The van der Waals surface area contributed by atoms with Gasteiger partial charge in [0.05, 0.1) is 0 Å². The number of carbonyl (C=O) groups is 1. The van der Waals surface area contributed by atoms with Crippen molar-refractivity contribution in [2.75, 3.05) is 0 Å². The van der Waals surface area contributed by atoms with Crippen molar-refractivity contribution >= 4 is 25.5 Å². The second kappa shape index (κ2) is 5.49. The summed E-state index contributed by atoms with van der Waals surface area (Å²) in [5.41, 5.74) is 4.90. The minimum absolute atomic E-state index is 0. The molecule has 0 rings (SSSR count). The maximum absolute atomic E-state index is 9.89. The number of halogens is 1. The standard InChI is InChI=1S/C3H8BNO4.ClH/c5-2(3(6)7)1-4(8)9;/h2,8-9H,1,5H2,(H,6,7);1H/t2-;/m0./s1. The molecule has 10 heavy (non-hydrogen) atoms. The lowest BCUT2D eigenvalue weighted by atomic mass is 9.82. The summed E-state index contributed by atoms with van der Waals surface area (Å²) in [5.74, 6) is -1.23. The second-order valence-corrected chi connectivity index (χ2v) is 1.66. The van der Waals surface area contributed by atoms with E-state index in [0.29, 0.717) is 0 Å². The summed E-state index contributed by atoms with van der Waals surface area (Å²) in [5, 5.41) is 24.5. The first kappa shape index (κ1) is 12.4. The highest BCUT2D eigenvalue weighted by molar-refractivity contribution is 6.41. The summed E-state index contributed by atoms with van der Waals surface area (Å²) in [6.07, 6.45) is -0.338. The first-order chi connectivity index (χ1) is 4.04. The third-order valence-electron chi connectivity index (χ3n) is 0.782. The minimum atomic E-state index is -1.64. The molecule has 0 aliphatic rings. The molecular formula is C3H9BClNO4. The van der Waals surface area contributed by atoms with Gasteiger partial charge in [-0.3, -0.25) is 4.79 Å². The summed E-state index contributed by atoms with van der Waals surface area (Å²) in [4.78, 5) is 9.89. The van der Waals surface area contributed by atoms with Crippen molar-refractivity contribution in [3.05, 3.63) is 0 Å². The van der Waals surface area contributed by atoms with Crippen molar-refractivity contribution in [2.24, 2.45) is 5.73 Å². The molecule has 0 spiro atoms. The molecule has 0 unspecified atom stereocenters. The van der Waals surface area contributed by atoms with Crippen LogP contribution in [0.1, 0.15) is 0 Å². The molecule has 0 aromatic heterocycles. The van der Waals surface area contributed by atoms with Crippen molar-refractivity contribution < 1.29 is 19.9 Å². The van der Waals surface area contributed by atoms with Crippen LogP contribution in [0.25, 0.3) is 0 Å². The van der Waals surface area contributed by atoms with Crippen LogP contribution >= 0.6 is 12.4 Å². The van der Waals surface area contributed by atoms with Crippen molar-refractivity contribution in [1.82, 2.24) is 0 Å². The second-order valence-electron chi connectivity index (χ2n) is 1.66. The van der Waals surface area contributed by atoms with E-state index in [1.165, 1.54) is 0 Å². The van der Waals surface area contributed by atoms with Crippen LogP contribution in [-0.2, 0) is 4.79 Å². The molecule has 5 nitrogen and oxygen atoms in total. The van der Waals surface area contributed by atoms with E-state index in [-0.39, 0.29) is 18.7 Å². The molecule has 0 heterocycles. The lowest BCUT2D eigenvalue weighted by Crippen LogP contribution is -2.34. The predicted octanol–water partition coefficient (Wildman–Crippen LogP) is -1.71. The SMILES string of the molecule is Cl.N[C@@H](CB(O)O)C(=O)O. The highest BCUT2D eigenvalue weighted by Gasteiger charge is 2.18. The van der Waals surface area contributed by atoms with Gasteiger partial charge in [0.15, 0.2) is 0 Å². The van der Waals surface area contributed by atoms with Gasteiger partial charge >= 0.3 is 13.1 Å². The van der Waals surface area contributed by atoms with Crippen LogP contribution in [0.3, 0.4) is 0 Å². The topological polar surface area (TPSA) is 104 Å². The summed E-state index contributed by atoms with van der Waals surface area (Å²) in [6.45, 7) is 0. The summed E-state index contributed by atoms with van der Waals surface area (Å²) in [6, 6.07) is -1.19. The number of carboxylic acid groups (broad SMARTS) is 1. The average molecular weight is 169 g/mol. The molecule has 0 aliphatic carbocycles. The fourth-order valence-corrected chi connectivity index (χ4v) is 0.328. The maximum Gasteiger partial charge on any atom is 0.453 e. The van der Waals surface area contributed by atoms with Crippen molar-refractivity contribution in [2.45, 2.75) is 12.4 Å². The van der Waals surface area contributed by atoms with Gasteiger partial charge in [0.2, 0.25) is 0 Å². The number of carboxylic acids is 1. The maximum atomic E-state index is 9.89. The van der Waals surface area contributed by atoms with Crippen LogP contribution in [0.5, 0.6) is 0 Å². The number of hydrogen-bond acceptors (Lipinski definition) is 4. The minimum Gasteiger partial charge on any atom is -0.480 e. The first-order valence-electron chi connectivity index (χ1n) is 2.38. The van der Waals surface area contributed by atoms with E-state index in [4.69, 9.17) is 20.9 Å². The van der Waals surface area contributed by atoms with Gasteiger partial charge < -0.3 is 20.9 Å². The molecule has 60 valence electrons. The number of hydrogen-bond donors (Lipinski definition) is 4. The van der Waals surface area contributed by atoms with E-state index in [1.54, 1.807) is 0 Å². The van der Waals surface area contributed by atoms with Crippen LogP contribution in [0, 0.1) is 0 Å². The van der Waals surface area contributed by atoms with Crippen LogP contribution in [0.4, 0.5) is 0 Å². The van der Waals surface area contributed by atoms with Gasteiger partial charge in [0.25, 0.3) is 0 Å². The van der Waals surface area contributed by atoms with Gasteiger partial charge in [-0.2, -0.15) is 0 Å². The fourth-order valence-electron chi connectivity index (χ4n) is 0.328. The first-order valence-corrected chi connectivity index (χ1v) is 2.38. The predicted molar refractivity (Wildman–Crippen MR) is 37.9 cm³/mol. The van der Waals surface area contributed by atoms with Crippen molar-refractivity contribution in [3.8, 4) is 0 Å². The van der Waals surface area contributed by atoms with Gasteiger partial charge in [-0.15, -0.1) is 12.4 Å². The molecule has 0 saturated carbocycles. The smallest absolute Gasteiger partial charge is 0.453 e. The Kier molecular flexibility index (Phi) is 6.80. The lowest BCUT2D eigenvalue weighted by Gasteiger charge is -2.02. The van der Waals surface area contributed by atoms with E-state index in [2.05, 4.69) is 0 Å². The van der Waals surface area contributed by atoms with Gasteiger partial charge in [-0.05, 0) is 0 Å². The zero-order valence-corrected chi connectivity index (χ0v) is 5.91. The Bertz CT molecular complexity index is 111. The van der Waals surface area contributed by atoms with E-state index >= 15 is 0 Å². The highest BCUT2D eigenvalue weighted by atomic mass is 35.5. The Morgan fingerprint density at radius 1 is 1.60 bits per heavy atom. The molecule has 0 saturated heterocycles. The molecule has 0 fully saturated rings. The number of rotatable bonds is 3. The monoisotopic (exact) mass is 169 g/mol. The zero-order chi connectivity index (χ0) is 7.44. The van der Waals surface area contributed by atoms with Crippen LogP contribution in [0.2, 0.25) is 6.32 Å². The lowest BCUT2D eigenvalue weighted by molar-refractivity contribution is -0.138. The van der Waals surface area contributed by atoms with E-state index in [9.17, 15) is 4.79 Å². The average Bonchev–Trinajstić information content (AvgIpc) is 1.63. The molecule has 0 aromatic rings. The normalized spacial score (nSPS) is 11.5. The Balaban J connectivity index is 0. The highest BCUT2D eigenvalue weighted by Crippen LogP contribution is 1.89. The molecule has 5 N–H and O–H groups in total. The quantitative estimate of drug-likeness (QED) is 0.377. The van der Waals surface area contributed by atoms with E-state index in [0.717, 1.165) is 0 Å². The van der Waals surface area contributed by atoms with Gasteiger partial charge in [0.1, 0.15) is 6.04 Å². The Morgan fingerprint density at radius 2 is 2.00 bits per heavy atom. The molecular weight excluding hydrogens is 160 g/mol. The fraction of sp³-hybridized carbons (Fsp3) is 0.667. The summed E-state index contributed by atoms with van der Waals surface area (Å²) < 4.78 is 0. The third kappa shape index (κ3) is 5.83. The third-order valence-corrected chi connectivity index (χ3v) is 0.782. The van der Waals surface area contributed by atoms with E-state index < -0.39 is 19.1 Å². The molecule has 0 aromatic carbocycles. The molecule has 0 amide bonds.